The minimum atomic E-state index is -0.598. The van der Waals surface area contributed by atoms with Crippen LogP contribution in [-0.4, -0.2) is 48.8 Å². The van der Waals surface area contributed by atoms with Gasteiger partial charge in [0.2, 0.25) is 0 Å². The van der Waals surface area contributed by atoms with E-state index in [1.165, 1.54) is 12.3 Å². The molecule has 136 valence electrons. The van der Waals surface area contributed by atoms with Crippen molar-refractivity contribution in [2.45, 2.75) is 6.92 Å². The monoisotopic (exact) mass is 366 g/mol. The van der Waals surface area contributed by atoms with Gasteiger partial charge in [0.25, 0.3) is 5.91 Å². The highest BCUT2D eigenvalue weighted by Gasteiger charge is 2.08. The smallest absolute Gasteiger partial charge is 0.325 e. The molecule has 0 aromatic rings. The van der Waals surface area contributed by atoms with Crippen LogP contribution < -0.4 is 5.32 Å². The average Bonchev–Trinajstić information content (AvgIpc) is 2.60. The molecule has 1 amide bonds. The molecule has 0 heterocycles. The summed E-state index contributed by atoms with van der Waals surface area (Å²) in [6.07, 6.45) is 9.69. The van der Waals surface area contributed by atoms with Crippen molar-refractivity contribution >= 4 is 29.7 Å². The summed E-state index contributed by atoms with van der Waals surface area (Å²) in [6, 6.07) is 0. The molecule has 0 unspecified atom stereocenters. The number of carbonyl (C=O) groups is 2. The molecule has 7 heteroatoms. The number of hydrogen-bond acceptors (Lipinski definition) is 5. The van der Waals surface area contributed by atoms with E-state index in [9.17, 15) is 9.59 Å². The van der Waals surface area contributed by atoms with Crippen LogP contribution in [-0.2, 0) is 14.3 Å². The lowest BCUT2D eigenvalue weighted by atomic mass is 10.1. The van der Waals surface area contributed by atoms with Gasteiger partial charge in [-0.25, -0.2) is 0 Å². The number of alkyl halides is 1. The van der Waals surface area contributed by atoms with Crippen LogP contribution in [0.3, 0.4) is 0 Å². The van der Waals surface area contributed by atoms with Crippen LogP contribution >= 0.6 is 11.6 Å². The fraction of sp³-hybridized carbons (Fsp3) is 0.278. The van der Waals surface area contributed by atoms with Crippen LogP contribution in [0.1, 0.15) is 6.92 Å². The number of nitrogens with one attached hydrogen (secondary N) is 1. The van der Waals surface area contributed by atoms with Crippen molar-refractivity contribution in [2.24, 2.45) is 4.99 Å². The van der Waals surface area contributed by atoms with Gasteiger partial charge in [-0.2, -0.15) is 0 Å². The molecule has 2 N–H and O–H groups in total. The molecule has 0 radical (unpaired) electrons. The Labute approximate surface area is 152 Å². The number of ether oxygens (including phenoxy) is 1. The minimum Gasteiger partial charge on any atom is -0.465 e. The molecule has 0 saturated carbocycles. The van der Waals surface area contributed by atoms with Crippen molar-refractivity contribution in [3.8, 4) is 0 Å². The van der Waals surface area contributed by atoms with Crippen LogP contribution in [0.5, 0.6) is 0 Å². The molecule has 0 spiro atoms. The Bertz CT molecular complexity index is 604. The van der Waals surface area contributed by atoms with Crippen molar-refractivity contribution in [3.63, 3.8) is 0 Å². The SMILES string of the molecule is C=CC(=C\C=C/CCl)/C(C=NC(=C)C(=O)NCC(=O)OCC)=C/CO. The Hall–Kier alpha value is -2.44. The summed E-state index contributed by atoms with van der Waals surface area (Å²) in [5, 5.41) is 11.5. The van der Waals surface area contributed by atoms with Gasteiger partial charge in [-0.3, -0.25) is 14.6 Å². The number of allylic oxidation sites excluding steroid dienone is 6. The van der Waals surface area contributed by atoms with Crippen molar-refractivity contribution in [1.29, 1.82) is 0 Å². The van der Waals surface area contributed by atoms with Gasteiger partial charge in [-0.1, -0.05) is 37.5 Å². The average molecular weight is 367 g/mol. The van der Waals surface area contributed by atoms with Crippen LogP contribution in [0.4, 0.5) is 0 Å². The first-order valence-corrected chi connectivity index (χ1v) is 8.06. The first kappa shape index (κ1) is 22.6. The predicted molar refractivity (Wildman–Crippen MR) is 101 cm³/mol. The third-order valence-electron chi connectivity index (χ3n) is 2.69. The number of aliphatic imine (C=N–C) groups is 1. The maximum absolute atomic E-state index is 11.8. The number of esters is 1. The summed E-state index contributed by atoms with van der Waals surface area (Å²) in [6.45, 7) is 8.67. The third kappa shape index (κ3) is 10.1. The number of carbonyl (C=O) groups excluding carboxylic acids is 2. The lowest BCUT2D eigenvalue weighted by Crippen LogP contribution is -2.31. The van der Waals surface area contributed by atoms with E-state index in [4.69, 9.17) is 21.4 Å². The first-order valence-electron chi connectivity index (χ1n) is 7.53. The fourth-order valence-corrected chi connectivity index (χ4v) is 1.62. The number of hydrogen-bond donors (Lipinski definition) is 2. The van der Waals surface area contributed by atoms with E-state index in [2.05, 4.69) is 23.5 Å². The highest BCUT2D eigenvalue weighted by molar-refractivity contribution is 6.18. The molecule has 6 nitrogen and oxygen atoms in total. The minimum absolute atomic E-state index is 0.0900. The number of aliphatic hydroxyl groups is 1. The van der Waals surface area contributed by atoms with Crippen molar-refractivity contribution in [1.82, 2.24) is 5.32 Å². The summed E-state index contributed by atoms with van der Waals surface area (Å²) in [5.74, 6) is -0.777. The van der Waals surface area contributed by atoms with Crippen LogP contribution in [0.15, 0.2) is 65.4 Å². The van der Waals surface area contributed by atoms with Gasteiger partial charge >= 0.3 is 5.97 Å². The van der Waals surface area contributed by atoms with Gasteiger partial charge in [0.15, 0.2) is 0 Å². The summed E-state index contributed by atoms with van der Waals surface area (Å²) in [7, 11) is 0. The van der Waals surface area contributed by atoms with Crippen LogP contribution in [0.2, 0.25) is 0 Å². The Kier molecular flexibility index (Phi) is 12.6. The maximum atomic E-state index is 11.8. The zero-order chi connectivity index (χ0) is 19.1. The van der Waals surface area contributed by atoms with Crippen molar-refractivity contribution in [3.05, 3.63) is 60.4 Å². The van der Waals surface area contributed by atoms with E-state index < -0.39 is 11.9 Å². The zero-order valence-corrected chi connectivity index (χ0v) is 15.0. The molecule has 25 heavy (non-hydrogen) atoms. The quantitative estimate of drug-likeness (QED) is 0.193. The maximum Gasteiger partial charge on any atom is 0.325 e. The molecule has 0 aliphatic heterocycles. The van der Waals surface area contributed by atoms with E-state index in [1.807, 2.05) is 0 Å². The number of rotatable bonds is 11. The molecule has 0 bridgehead atoms. The molecule has 0 atom stereocenters. The van der Waals surface area contributed by atoms with E-state index in [-0.39, 0.29) is 25.5 Å². The summed E-state index contributed by atoms with van der Waals surface area (Å²) in [5.41, 5.74) is 1.14. The van der Waals surface area contributed by atoms with Crippen molar-refractivity contribution in [2.75, 3.05) is 25.6 Å². The largest absolute Gasteiger partial charge is 0.465 e. The highest BCUT2D eigenvalue weighted by atomic mass is 35.5. The summed E-state index contributed by atoms with van der Waals surface area (Å²) >= 11 is 5.57. The summed E-state index contributed by atoms with van der Waals surface area (Å²) in [4.78, 5) is 27.0. The van der Waals surface area contributed by atoms with E-state index in [1.54, 1.807) is 31.2 Å². The van der Waals surface area contributed by atoms with Gasteiger partial charge in [0.1, 0.15) is 12.2 Å². The number of halogens is 1. The molecule has 0 saturated heterocycles. The molecular formula is C18H23ClN2O4. The molecular weight excluding hydrogens is 344 g/mol. The van der Waals surface area contributed by atoms with E-state index in [0.29, 0.717) is 17.0 Å². The molecule has 0 rings (SSSR count). The molecule has 0 aliphatic carbocycles. The topological polar surface area (TPSA) is 88.0 Å². The lowest BCUT2D eigenvalue weighted by Gasteiger charge is -2.05. The molecule has 0 aromatic heterocycles. The third-order valence-corrected chi connectivity index (χ3v) is 2.86. The van der Waals surface area contributed by atoms with E-state index >= 15 is 0 Å². The second kappa shape index (κ2) is 13.9. The second-order valence-electron chi connectivity index (χ2n) is 4.44. The normalized spacial score (nSPS) is 12.4. The predicted octanol–water partition coefficient (Wildman–Crippen LogP) is 2.08. The summed E-state index contributed by atoms with van der Waals surface area (Å²) < 4.78 is 4.70. The van der Waals surface area contributed by atoms with Gasteiger partial charge in [-0.15, -0.1) is 11.6 Å². The Morgan fingerprint density at radius 1 is 1.36 bits per heavy atom. The van der Waals surface area contributed by atoms with Crippen molar-refractivity contribution < 1.29 is 19.4 Å². The van der Waals surface area contributed by atoms with Gasteiger partial charge < -0.3 is 15.2 Å². The van der Waals surface area contributed by atoms with Gasteiger partial charge in [-0.05, 0) is 24.1 Å². The zero-order valence-electron chi connectivity index (χ0n) is 14.2. The lowest BCUT2D eigenvalue weighted by molar-refractivity contribution is -0.143. The second-order valence-corrected chi connectivity index (χ2v) is 4.75. The number of aliphatic hydroxyl groups excluding tert-OH is 1. The van der Waals surface area contributed by atoms with Gasteiger partial charge in [0.05, 0.1) is 13.2 Å². The first-order chi connectivity index (χ1) is 12.0. The molecule has 0 aromatic carbocycles. The Balaban J connectivity index is 4.98. The number of nitrogens with zero attached hydrogens (tertiary/aromatic N) is 1. The highest BCUT2D eigenvalue weighted by Crippen LogP contribution is 2.10. The molecule has 0 fully saturated rings. The fourth-order valence-electron chi connectivity index (χ4n) is 1.52. The Morgan fingerprint density at radius 3 is 2.64 bits per heavy atom. The number of amides is 1. The Morgan fingerprint density at radius 2 is 2.08 bits per heavy atom. The van der Waals surface area contributed by atoms with Crippen LogP contribution in [0, 0.1) is 0 Å². The molecule has 0 aliphatic rings. The standard InChI is InChI=1S/C18H23ClN2O4/c1-4-15(8-6-7-10-19)16(9-11-22)12-20-14(3)18(24)21-13-17(23)25-5-2/h4,6-9,12,22H,1,3,5,10-11,13H2,2H3,(H,21,24)/b7-6-,15-8+,16-9+,20-12?. The van der Waals surface area contributed by atoms with Crippen LogP contribution in [0.25, 0.3) is 0 Å². The van der Waals surface area contributed by atoms with Gasteiger partial charge in [0, 0.05) is 12.1 Å². The van der Waals surface area contributed by atoms with E-state index in [0.717, 1.165) is 0 Å².